The van der Waals surface area contributed by atoms with E-state index < -0.39 is 45.9 Å². The molecule has 0 aromatic heterocycles. The summed E-state index contributed by atoms with van der Waals surface area (Å²) in [6.07, 6.45) is 16.0. The molecular formula is C114H116N2O18. The highest BCUT2D eigenvalue weighted by molar-refractivity contribution is 6.12. The van der Waals surface area contributed by atoms with Crippen molar-refractivity contribution in [1.82, 2.24) is 0 Å². The second-order valence-electron chi connectivity index (χ2n) is 36.3. The molecule has 4 aliphatic heterocycles. The number of ether oxygens (including phenoxy) is 14. The lowest BCUT2D eigenvalue weighted by Crippen LogP contribution is -2.37. The van der Waals surface area contributed by atoms with Gasteiger partial charge in [0.2, 0.25) is 0 Å². The van der Waals surface area contributed by atoms with Crippen molar-refractivity contribution in [3.8, 4) is 90.5 Å². The molecule has 2 saturated heterocycles. The van der Waals surface area contributed by atoms with E-state index in [0.717, 1.165) is 234 Å². The zero-order chi connectivity index (χ0) is 92.8. The number of esters is 4. The lowest BCUT2D eigenvalue weighted by molar-refractivity contribution is -0.151. The number of hydrogen-bond donors (Lipinski definition) is 0. The number of rotatable bonds is 35. The fourth-order valence-electron chi connectivity index (χ4n) is 20.3. The quantitative estimate of drug-likeness (QED) is 0.0206. The molecule has 18 rings (SSSR count). The maximum atomic E-state index is 12.9. The minimum absolute atomic E-state index is 0.0559. The molecule has 20 heteroatoms. The van der Waals surface area contributed by atoms with Gasteiger partial charge in [-0.1, -0.05) is 200 Å². The monoisotopic (exact) mass is 1800 g/mol. The average Bonchev–Trinajstić information content (AvgIpc) is 1.51. The first-order valence-corrected chi connectivity index (χ1v) is 46.8. The van der Waals surface area contributed by atoms with Gasteiger partial charge in [0.15, 0.2) is 34.2 Å². The van der Waals surface area contributed by atoms with E-state index in [2.05, 4.69) is 207 Å². The van der Waals surface area contributed by atoms with Crippen molar-refractivity contribution in [2.75, 3.05) is 118 Å². The highest BCUT2D eigenvalue weighted by Gasteiger charge is 2.48. The first-order chi connectivity index (χ1) is 65.2. The number of unbranched alkanes of at least 4 members (excludes halogenated alkanes) is 7. The number of morpholine rings is 2. The third kappa shape index (κ3) is 18.0. The van der Waals surface area contributed by atoms with Crippen molar-refractivity contribution in [2.24, 2.45) is 0 Å². The molecule has 0 saturated carbocycles. The standard InChI is InChI=1S/C114H116N2O18/c1-111(2)95-65-77(27-45-87(95)105-91-67-97(123-7)99(125-9)69-93(91)109-89(107(105)111)51-53-113(133-109,81-33-41-85(121-5)42-34-81)79-29-37-83(38-30-79)115-55-61-127-62-56-115)75-23-19-73(20-24-75)71-131-103(119)49-47-101(117)129-59-17-15-13-11-12-14-16-18-60-130-102(118)48-50-104(120)132-72-74-21-25-76(26-22-74)78-28-46-88-96(66-78)112(3,4)108-90-52-54-114(82-35-43-86(122-6)44-36-82,80-31-39-84(40-32-80)116-57-63-128-64-58-116)134-110(90)94-70-100(126-10)98(124-8)68-92(94)106(88)108/h19-46,51-54,65-70H,11-18,47-50,55-64,71-72H2,1-10H3. The predicted molar refractivity (Wildman–Crippen MR) is 523 cm³/mol. The second kappa shape index (κ2) is 39.3. The SMILES string of the molecule is COc1ccc(C2(c3ccc(N4CCOCC4)cc3)C=Cc3c4c(c5cc(OC)c(OC)cc5c3O2)-c2ccc(-c3ccc(COC(=O)CCC(=O)OCCCCCCCCCCOC(=O)CCC(=O)OCc5ccc(-c6ccc7c(c6)C(C)(C)c6c8c(c9cc(OC)c(OC)cc9c6-7)OC(c6ccc(OC)cc6)(c6ccc(N7CCOCC7)cc6)C=C8)cc5)cc3)cc2C4(C)C)cc1. The molecule has 2 fully saturated rings. The third-order valence-electron chi connectivity index (χ3n) is 27.7. The van der Waals surface area contributed by atoms with Gasteiger partial charge in [0, 0.05) is 92.5 Å². The topological polar surface area (TPSA) is 204 Å². The summed E-state index contributed by atoms with van der Waals surface area (Å²) >= 11 is 0. The summed E-state index contributed by atoms with van der Waals surface area (Å²) in [6.45, 7) is 16.0. The minimum Gasteiger partial charge on any atom is -0.497 e. The van der Waals surface area contributed by atoms with E-state index in [-0.39, 0.29) is 38.9 Å². The number of fused-ring (bicyclic) bond motifs is 16. The van der Waals surface area contributed by atoms with Gasteiger partial charge in [0.25, 0.3) is 0 Å². The number of nitrogens with zero attached hydrogens (tertiary/aromatic N) is 2. The van der Waals surface area contributed by atoms with E-state index in [9.17, 15) is 19.2 Å². The summed E-state index contributed by atoms with van der Waals surface area (Å²) in [6, 6.07) is 71.4. The maximum absolute atomic E-state index is 12.9. The van der Waals surface area contributed by atoms with Crippen LogP contribution in [-0.2, 0) is 82.8 Å². The Morgan fingerprint density at radius 1 is 0.336 bits per heavy atom. The summed E-state index contributed by atoms with van der Waals surface area (Å²) in [4.78, 5) is 56.0. The molecular weight excluding hydrogens is 1690 g/mol. The van der Waals surface area contributed by atoms with Crippen LogP contribution in [0.25, 0.3) is 78.2 Å². The normalized spacial score (nSPS) is 16.8. The Kier molecular flexibility index (Phi) is 26.7. The van der Waals surface area contributed by atoms with Crippen LogP contribution in [0.4, 0.5) is 11.4 Å². The molecule has 2 unspecified atom stereocenters. The molecule has 2 aliphatic carbocycles. The highest BCUT2D eigenvalue weighted by atomic mass is 16.6. The highest BCUT2D eigenvalue weighted by Crippen LogP contribution is 2.63. The Labute approximate surface area is 783 Å². The van der Waals surface area contributed by atoms with Crippen LogP contribution in [0.1, 0.15) is 172 Å². The van der Waals surface area contributed by atoms with Crippen LogP contribution < -0.4 is 47.7 Å². The number of methoxy groups -OCH3 is 6. The summed E-state index contributed by atoms with van der Waals surface area (Å²) in [5.41, 5.74) is 20.1. The molecule has 0 spiro atoms. The van der Waals surface area contributed by atoms with Crippen LogP contribution in [0.2, 0.25) is 0 Å². The molecule has 4 heterocycles. The molecule has 12 aromatic rings. The third-order valence-corrected chi connectivity index (χ3v) is 27.7. The van der Waals surface area contributed by atoms with Crippen LogP contribution in [0, 0.1) is 0 Å². The molecule has 0 amide bonds. The van der Waals surface area contributed by atoms with Gasteiger partial charge in [0.1, 0.15) is 36.2 Å². The van der Waals surface area contributed by atoms with Crippen LogP contribution in [-0.4, -0.2) is 132 Å². The molecule has 0 radical (unpaired) electrons. The molecule has 690 valence electrons. The van der Waals surface area contributed by atoms with Gasteiger partial charge < -0.3 is 76.1 Å². The first kappa shape index (κ1) is 91.0. The van der Waals surface area contributed by atoms with Crippen LogP contribution >= 0.6 is 0 Å². The Morgan fingerprint density at radius 3 is 0.985 bits per heavy atom. The van der Waals surface area contributed by atoms with E-state index in [4.69, 9.17) is 66.3 Å². The van der Waals surface area contributed by atoms with E-state index >= 15 is 0 Å². The van der Waals surface area contributed by atoms with Gasteiger partial charge in [0.05, 0.1) is 108 Å². The molecule has 12 aromatic carbocycles. The zero-order valence-corrected chi connectivity index (χ0v) is 78.2. The summed E-state index contributed by atoms with van der Waals surface area (Å²) in [7, 11) is 10.0. The van der Waals surface area contributed by atoms with Crippen LogP contribution in [0.15, 0.2) is 218 Å². The zero-order valence-electron chi connectivity index (χ0n) is 78.2. The van der Waals surface area contributed by atoms with Crippen molar-refractivity contribution in [2.45, 2.75) is 140 Å². The van der Waals surface area contributed by atoms with Crippen molar-refractivity contribution in [3.05, 3.63) is 285 Å². The van der Waals surface area contributed by atoms with Gasteiger partial charge in [-0.25, -0.2) is 0 Å². The van der Waals surface area contributed by atoms with Crippen LogP contribution in [0.3, 0.4) is 0 Å². The van der Waals surface area contributed by atoms with Crippen molar-refractivity contribution >= 4 is 68.9 Å². The minimum atomic E-state index is -1.01. The van der Waals surface area contributed by atoms with E-state index in [0.29, 0.717) is 62.6 Å². The smallest absolute Gasteiger partial charge is 0.306 e. The molecule has 0 bridgehead atoms. The van der Waals surface area contributed by atoms with Gasteiger partial charge in [-0.2, -0.15) is 0 Å². The van der Waals surface area contributed by atoms with Gasteiger partial charge >= 0.3 is 23.9 Å². The summed E-state index contributed by atoms with van der Waals surface area (Å²) in [5, 5.41) is 3.79. The largest absolute Gasteiger partial charge is 0.497 e. The fourth-order valence-corrected chi connectivity index (χ4v) is 20.3. The fraction of sp³-hybridized carbons (Fsp3) is 0.333. The Bertz CT molecular complexity index is 6040. The lowest BCUT2D eigenvalue weighted by atomic mass is 9.76. The summed E-state index contributed by atoms with van der Waals surface area (Å²) in [5.74, 6) is 3.66. The molecule has 2 atom stereocenters. The number of carbonyl (C=O) groups is 4. The van der Waals surface area contributed by atoms with Gasteiger partial charge in [-0.15, -0.1) is 0 Å². The number of anilines is 2. The van der Waals surface area contributed by atoms with Crippen molar-refractivity contribution < 1.29 is 85.5 Å². The Morgan fingerprint density at radius 2 is 0.649 bits per heavy atom. The average molecular weight is 1800 g/mol. The second-order valence-corrected chi connectivity index (χ2v) is 36.3. The van der Waals surface area contributed by atoms with Crippen LogP contribution in [0.5, 0.6) is 46.0 Å². The van der Waals surface area contributed by atoms with Gasteiger partial charge in [-0.3, -0.25) is 19.2 Å². The van der Waals surface area contributed by atoms with E-state index in [1.165, 1.54) is 11.1 Å². The van der Waals surface area contributed by atoms with Crippen molar-refractivity contribution in [1.29, 1.82) is 0 Å². The van der Waals surface area contributed by atoms with E-state index in [1.54, 1.807) is 42.7 Å². The molecule has 0 N–H and O–H groups in total. The van der Waals surface area contributed by atoms with E-state index in [1.807, 2.05) is 60.7 Å². The molecule has 20 nitrogen and oxygen atoms in total. The number of carbonyl (C=O) groups excluding carboxylic acids is 4. The predicted octanol–water partition coefficient (Wildman–Crippen LogP) is 22.9. The Hall–Kier alpha value is -13.6. The number of benzene rings is 12. The number of hydrogen-bond acceptors (Lipinski definition) is 20. The maximum Gasteiger partial charge on any atom is 0.306 e. The Balaban J connectivity index is 0.409. The first-order valence-electron chi connectivity index (χ1n) is 46.8. The summed E-state index contributed by atoms with van der Waals surface area (Å²) < 4.78 is 84.3. The molecule has 6 aliphatic rings. The van der Waals surface area contributed by atoms with Gasteiger partial charge in [-0.05, 0) is 199 Å². The van der Waals surface area contributed by atoms with Crippen molar-refractivity contribution in [3.63, 3.8) is 0 Å². The lowest BCUT2D eigenvalue weighted by Gasteiger charge is -2.39. The molecule has 134 heavy (non-hydrogen) atoms.